The van der Waals surface area contributed by atoms with Gasteiger partial charge in [0.25, 0.3) is 11.8 Å². The van der Waals surface area contributed by atoms with Gasteiger partial charge < -0.3 is 36.2 Å². The van der Waals surface area contributed by atoms with Crippen LogP contribution in [0.25, 0.3) is 0 Å². The van der Waals surface area contributed by atoms with E-state index in [4.69, 9.17) is 20.9 Å². The van der Waals surface area contributed by atoms with E-state index >= 15 is 0 Å². The molecule has 210 valence electrons. The minimum atomic E-state index is -1.07. The molecule has 0 radical (unpaired) electrons. The second-order valence-corrected chi connectivity index (χ2v) is 11.0. The van der Waals surface area contributed by atoms with E-state index in [0.29, 0.717) is 5.57 Å². The standard InChI is InChI=1S/C22H26N6O9S2/c1-22(2,3)19(32)37-9-36-18(31)14-10(5-4-6-35-21(24)33)7-38-17-13(16(30)28(14)17)26-15(29)12(27-34)11-8-39-20(23)25-11/h4-5,8,13,17,34H,6-7,9H2,1-3H3,(H2,23,25)(H2,24,33)(H,26,29)/b5-4-,27-12-/t13-,17-/m1/s1. The van der Waals surface area contributed by atoms with Crippen molar-refractivity contribution in [2.45, 2.75) is 32.2 Å². The van der Waals surface area contributed by atoms with Crippen molar-refractivity contribution in [3.8, 4) is 0 Å². The Balaban J connectivity index is 1.77. The number of primary amides is 1. The maximum absolute atomic E-state index is 13.1. The largest absolute Gasteiger partial charge is 0.445 e. The molecule has 1 aromatic heterocycles. The monoisotopic (exact) mass is 582 g/mol. The molecule has 1 aromatic rings. The van der Waals surface area contributed by atoms with Crippen LogP contribution in [-0.2, 0) is 33.4 Å². The maximum Gasteiger partial charge on any atom is 0.404 e. The average molecular weight is 583 g/mol. The fraction of sp³-hybridized carbons (Fsp3) is 0.409. The molecule has 3 heterocycles. The highest BCUT2D eigenvalue weighted by atomic mass is 32.2. The number of esters is 2. The molecule has 0 aliphatic carbocycles. The van der Waals surface area contributed by atoms with Crippen molar-refractivity contribution in [3.05, 3.63) is 34.5 Å². The van der Waals surface area contributed by atoms with E-state index in [1.807, 2.05) is 0 Å². The quantitative estimate of drug-likeness (QED) is 0.0770. The highest BCUT2D eigenvalue weighted by Gasteiger charge is 2.54. The minimum absolute atomic E-state index is 0.0250. The summed E-state index contributed by atoms with van der Waals surface area (Å²) in [4.78, 5) is 66.7. The summed E-state index contributed by atoms with van der Waals surface area (Å²) in [6.07, 6.45) is 1.89. The summed E-state index contributed by atoms with van der Waals surface area (Å²) in [5.41, 5.74) is 9.48. The first kappa shape index (κ1) is 29.4. The van der Waals surface area contributed by atoms with Gasteiger partial charge in [-0.15, -0.1) is 23.1 Å². The SMILES string of the molecule is CC(C)(C)C(=O)OCOC(=O)C1=C(/C=C\COC(N)=O)CS[C@@H]2[C@H](NC(=O)/C(=N\O)c3csc(N)n3)C(=O)N12. The predicted molar refractivity (Wildman–Crippen MR) is 138 cm³/mol. The van der Waals surface area contributed by atoms with Crippen molar-refractivity contribution in [3.63, 3.8) is 0 Å². The van der Waals surface area contributed by atoms with Gasteiger partial charge in [-0.05, 0) is 32.4 Å². The molecule has 1 saturated heterocycles. The number of carbonyl (C=O) groups excluding carboxylic acids is 5. The van der Waals surface area contributed by atoms with Gasteiger partial charge in [0.15, 0.2) is 10.8 Å². The number of hydrogen-bond acceptors (Lipinski definition) is 14. The van der Waals surface area contributed by atoms with Crippen molar-refractivity contribution < 1.29 is 43.4 Å². The fourth-order valence-corrected chi connectivity index (χ4v) is 5.19. The number of rotatable bonds is 9. The number of anilines is 1. The van der Waals surface area contributed by atoms with Gasteiger partial charge >= 0.3 is 18.0 Å². The average Bonchev–Trinajstić information content (AvgIpc) is 3.29. The van der Waals surface area contributed by atoms with E-state index in [-0.39, 0.29) is 28.9 Å². The minimum Gasteiger partial charge on any atom is -0.445 e. The second-order valence-electron chi connectivity index (χ2n) is 9.02. The third-order valence-electron chi connectivity index (χ3n) is 5.19. The molecule has 2 atom stereocenters. The smallest absolute Gasteiger partial charge is 0.404 e. The van der Waals surface area contributed by atoms with Gasteiger partial charge in [0.05, 0.1) is 5.41 Å². The molecule has 0 unspecified atom stereocenters. The third-order valence-corrected chi connectivity index (χ3v) is 7.17. The van der Waals surface area contributed by atoms with E-state index in [0.717, 1.165) is 16.2 Å². The molecule has 39 heavy (non-hydrogen) atoms. The number of nitrogens with two attached hydrogens (primary N) is 2. The Morgan fingerprint density at radius 2 is 2.00 bits per heavy atom. The van der Waals surface area contributed by atoms with Crippen LogP contribution >= 0.6 is 23.1 Å². The Bertz CT molecular complexity index is 1270. The van der Waals surface area contributed by atoms with Crippen LogP contribution < -0.4 is 16.8 Å². The number of ether oxygens (including phenoxy) is 3. The molecule has 1 fully saturated rings. The van der Waals surface area contributed by atoms with Crippen LogP contribution in [0.5, 0.6) is 0 Å². The fourth-order valence-electron chi connectivity index (χ4n) is 3.32. The van der Waals surface area contributed by atoms with Gasteiger partial charge in [-0.25, -0.2) is 14.6 Å². The van der Waals surface area contributed by atoms with Crippen LogP contribution in [0.3, 0.4) is 0 Å². The first-order valence-corrected chi connectivity index (χ1v) is 13.1. The van der Waals surface area contributed by atoms with Crippen LogP contribution in [0.2, 0.25) is 0 Å². The lowest BCUT2D eigenvalue weighted by molar-refractivity contribution is -0.173. The van der Waals surface area contributed by atoms with Crippen molar-refractivity contribution >= 4 is 63.8 Å². The van der Waals surface area contributed by atoms with E-state index < -0.39 is 59.2 Å². The number of β-lactam (4-membered cyclic amide) rings is 1. The summed E-state index contributed by atoms with van der Waals surface area (Å²) in [6, 6.07) is -1.07. The Morgan fingerprint density at radius 1 is 1.28 bits per heavy atom. The lowest BCUT2D eigenvalue weighted by Crippen LogP contribution is -2.71. The van der Waals surface area contributed by atoms with Crippen LogP contribution in [0, 0.1) is 5.41 Å². The van der Waals surface area contributed by atoms with Crippen LogP contribution in [0.1, 0.15) is 26.5 Å². The van der Waals surface area contributed by atoms with Gasteiger partial charge in [0, 0.05) is 11.1 Å². The summed E-state index contributed by atoms with van der Waals surface area (Å²) in [5.74, 6) is -2.88. The lowest BCUT2D eigenvalue weighted by atomic mass is 9.98. The number of nitrogens with zero attached hydrogens (tertiary/aromatic N) is 3. The number of amides is 3. The molecule has 15 nitrogen and oxygen atoms in total. The Labute approximate surface area is 230 Å². The zero-order valence-electron chi connectivity index (χ0n) is 21.0. The summed E-state index contributed by atoms with van der Waals surface area (Å²) in [5, 5.41) is 15.6. The molecule has 6 N–H and O–H groups in total. The lowest BCUT2D eigenvalue weighted by Gasteiger charge is -2.49. The van der Waals surface area contributed by atoms with Crippen LogP contribution in [0.15, 0.2) is 34.0 Å². The van der Waals surface area contributed by atoms with Gasteiger partial charge in [0.2, 0.25) is 6.79 Å². The number of nitrogen functional groups attached to an aromatic ring is 1. The predicted octanol–water partition coefficient (Wildman–Crippen LogP) is 0.299. The van der Waals surface area contributed by atoms with Gasteiger partial charge in [-0.1, -0.05) is 11.2 Å². The summed E-state index contributed by atoms with van der Waals surface area (Å²) >= 11 is 2.26. The summed E-state index contributed by atoms with van der Waals surface area (Å²) in [7, 11) is 0. The topological polar surface area (TPSA) is 226 Å². The third kappa shape index (κ3) is 6.85. The number of hydrogen-bond donors (Lipinski definition) is 4. The van der Waals surface area contributed by atoms with E-state index in [9.17, 15) is 29.2 Å². The molecule has 0 bridgehead atoms. The number of oxime groups is 1. The zero-order chi connectivity index (χ0) is 28.9. The molecule has 2 aliphatic heterocycles. The van der Waals surface area contributed by atoms with Crippen LogP contribution in [0.4, 0.5) is 9.93 Å². The number of thiazole rings is 1. The summed E-state index contributed by atoms with van der Waals surface area (Å²) < 4.78 is 14.7. The molecule has 2 aliphatic rings. The van der Waals surface area contributed by atoms with Crippen molar-refractivity contribution in [2.75, 3.05) is 24.9 Å². The number of thioether (sulfide) groups is 1. The molecule has 0 spiro atoms. The number of fused-ring (bicyclic) bond motifs is 1. The number of nitrogens with one attached hydrogen (secondary N) is 1. The molecule has 0 saturated carbocycles. The van der Waals surface area contributed by atoms with Gasteiger partial charge in [-0.2, -0.15) is 0 Å². The van der Waals surface area contributed by atoms with Gasteiger partial charge in [-0.3, -0.25) is 19.3 Å². The normalized spacial score (nSPS) is 19.3. The van der Waals surface area contributed by atoms with E-state index in [1.54, 1.807) is 20.8 Å². The Morgan fingerprint density at radius 3 is 2.59 bits per heavy atom. The summed E-state index contributed by atoms with van der Waals surface area (Å²) in [6.45, 7) is 4.01. The van der Waals surface area contributed by atoms with Crippen molar-refractivity contribution in [1.82, 2.24) is 15.2 Å². The first-order valence-electron chi connectivity index (χ1n) is 11.2. The molecule has 0 aromatic carbocycles. The highest BCUT2D eigenvalue weighted by molar-refractivity contribution is 8.00. The molecule has 3 rings (SSSR count). The second kappa shape index (κ2) is 12.2. The molecular formula is C22H26N6O9S2. The van der Waals surface area contributed by atoms with E-state index in [2.05, 4.69) is 20.2 Å². The number of carbonyl (C=O) groups is 5. The number of aromatic nitrogens is 1. The van der Waals surface area contributed by atoms with Crippen molar-refractivity contribution in [1.29, 1.82) is 0 Å². The van der Waals surface area contributed by atoms with E-state index in [1.165, 1.54) is 29.3 Å². The van der Waals surface area contributed by atoms with Crippen LogP contribution in [-0.4, -0.2) is 81.2 Å². The Kier molecular flexibility index (Phi) is 9.18. The molecular weight excluding hydrogens is 556 g/mol. The maximum atomic E-state index is 13.1. The highest BCUT2D eigenvalue weighted by Crippen LogP contribution is 2.41. The van der Waals surface area contributed by atoms with Crippen molar-refractivity contribution in [2.24, 2.45) is 16.3 Å². The molecule has 17 heteroatoms. The first-order chi connectivity index (χ1) is 18.3. The zero-order valence-corrected chi connectivity index (χ0v) is 22.7. The van der Waals surface area contributed by atoms with Gasteiger partial charge in [0.1, 0.15) is 29.4 Å². The Hall–Kier alpha value is -4.12. The molecule has 3 amide bonds. The number of allylic oxidation sites excluding steroid dienone is 1.